The van der Waals surface area contributed by atoms with E-state index in [9.17, 15) is 9.59 Å². The third-order valence-electron chi connectivity index (χ3n) is 6.27. The molecule has 0 aromatic carbocycles. The summed E-state index contributed by atoms with van der Waals surface area (Å²) in [6.07, 6.45) is 5.42. The molecule has 2 atom stereocenters. The molecule has 2 fully saturated rings. The minimum Gasteiger partial charge on any atom is -0.378 e. The van der Waals surface area contributed by atoms with Crippen LogP contribution < -0.4 is 10.4 Å². The van der Waals surface area contributed by atoms with Crippen molar-refractivity contribution in [3.63, 3.8) is 0 Å². The average molecular weight is 422 g/mol. The summed E-state index contributed by atoms with van der Waals surface area (Å²) in [5.74, 6) is 1.97. The summed E-state index contributed by atoms with van der Waals surface area (Å²) in [6, 6.07) is 6.02. The Morgan fingerprint density at radius 2 is 2.13 bits per heavy atom. The molecule has 31 heavy (non-hydrogen) atoms. The van der Waals surface area contributed by atoms with Crippen molar-refractivity contribution in [2.24, 2.45) is 18.1 Å². The number of ether oxygens (including phenoxy) is 1. The summed E-state index contributed by atoms with van der Waals surface area (Å²) in [5.41, 5.74) is 3.44. The van der Waals surface area contributed by atoms with E-state index in [0.717, 1.165) is 30.0 Å². The number of pyridine rings is 2. The molecule has 5 rings (SSSR count). The van der Waals surface area contributed by atoms with E-state index in [1.165, 1.54) is 5.01 Å². The van der Waals surface area contributed by atoms with Crippen LogP contribution in [0.25, 0.3) is 0 Å². The second kappa shape index (κ2) is 7.81. The van der Waals surface area contributed by atoms with Crippen LogP contribution in [-0.4, -0.2) is 71.7 Å². The summed E-state index contributed by atoms with van der Waals surface area (Å²) >= 11 is 0. The number of nitrogens with zero attached hydrogens (tertiary/aromatic N) is 6. The van der Waals surface area contributed by atoms with Crippen LogP contribution in [-0.2, 0) is 16.6 Å². The fourth-order valence-electron chi connectivity index (χ4n) is 4.42. The summed E-state index contributed by atoms with van der Waals surface area (Å²) in [4.78, 5) is 32.7. The molecule has 9 nitrogen and oxygen atoms in total. The van der Waals surface area contributed by atoms with Crippen molar-refractivity contribution in [1.82, 2.24) is 19.5 Å². The molecule has 1 saturated heterocycles. The van der Waals surface area contributed by atoms with Crippen LogP contribution in [0.2, 0.25) is 0 Å². The molecule has 1 saturated carbocycles. The average Bonchev–Trinajstić information content (AvgIpc) is 3.60. The van der Waals surface area contributed by atoms with Gasteiger partial charge in [-0.25, -0.2) is 9.99 Å². The van der Waals surface area contributed by atoms with Crippen LogP contribution in [0.3, 0.4) is 0 Å². The van der Waals surface area contributed by atoms with E-state index in [2.05, 4.69) is 10.0 Å². The predicted octanol–water partition coefficient (Wildman–Crippen LogP) is 1.05. The fourth-order valence-corrected chi connectivity index (χ4v) is 4.42. The third-order valence-corrected chi connectivity index (χ3v) is 6.27. The molecule has 0 radical (unpaired) electrons. The van der Waals surface area contributed by atoms with Crippen molar-refractivity contribution in [1.29, 1.82) is 0 Å². The van der Waals surface area contributed by atoms with Gasteiger partial charge in [-0.15, -0.1) is 0 Å². The quantitative estimate of drug-likeness (QED) is 0.543. The molecule has 4 heterocycles. The first-order valence-electron chi connectivity index (χ1n) is 10.6. The second-order valence-corrected chi connectivity index (χ2v) is 8.39. The molecule has 2 aromatic rings. The molecule has 2 aromatic heterocycles. The number of aryl methyl sites for hydroxylation is 1. The number of morpholine rings is 1. The molecule has 0 bridgehead atoms. The first-order chi connectivity index (χ1) is 15.0. The summed E-state index contributed by atoms with van der Waals surface area (Å²) in [7, 11) is 3.50. The molecular formula is C22H26N6O3. The van der Waals surface area contributed by atoms with Gasteiger partial charge in [0, 0.05) is 57.9 Å². The van der Waals surface area contributed by atoms with Gasteiger partial charge in [-0.1, -0.05) is 0 Å². The van der Waals surface area contributed by atoms with Crippen LogP contribution in [0.5, 0.6) is 0 Å². The predicted molar refractivity (Wildman–Crippen MR) is 114 cm³/mol. The van der Waals surface area contributed by atoms with E-state index in [1.54, 1.807) is 13.2 Å². The van der Waals surface area contributed by atoms with E-state index >= 15 is 0 Å². The van der Waals surface area contributed by atoms with Gasteiger partial charge in [0.15, 0.2) is 5.49 Å². The number of carbonyl (C=O) groups excluding carboxylic acids is 2. The summed E-state index contributed by atoms with van der Waals surface area (Å²) in [5, 5.41) is 5.58. The highest BCUT2D eigenvalue weighted by Gasteiger charge is 2.46. The fraction of sp³-hybridized carbons (Fsp3) is 0.455. The van der Waals surface area contributed by atoms with Gasteiger partial charge in [-0.2, -0.15) is 5.10 Å². The smallest absolute Gasteiger partial charge is 0.255 e. The molecule has 1 aliphatic carbocycles. The Kier molecular flexibility index (Phi) is 4.97. The van der Waals surface area contributed by atoms with Crippen LogP contribution in [0, 0.1) is 5.92 Å². The molecule has 2 aliphatic heterocycles. The highest BCUT2D eigenvalue weighted by Crippen LogP contribution is 2.55. The number of amides is 2. The lowest BCUT2D eigenvalue weighted by atomic mass is 10.0. The number of anilines is 2. The highest BCUT2D eigenvalue weighted by atomic mass is 16.5. The standard InChI is InChI=1S/C22H26N6O3/c1-25-4-3-17(11-20(25)24-26(2)14-29)28-13-16-10-18(16)19-9-15(12-23-21(19)28)22(30)27-5-7-31-8-6-27/h3-4,9,11-12,14,16,18H,5-8,10,13H2,1-2H3/b24-20-. The van der Waals surface area contributed by atoms with Gasteiger partial charge < -0.3 is 19.1 Å². The zero-order valence-corrected chi connectivity index (χ0v) is 17.8. The van der Waals surface area contributed by atoms with Crippen LogP contribution in [0.1, 0.15) is 28.3 Å². The second-order valence-electron chi connectivity index (χ2n) is 8.39. The Hall–Kier alpha value is -3.20. The number of carbonyl (C=O) groups is 2. The zero-order chi connectivity index (χ0) is 21.5. The molecule has 0 N–H and O–H groups in total. The van der Waals surface area contributed by atoms with E-state index in [-0.39, 0.29) is 5.91 Å². The van der Waals surface area contributed by atoms with Crippen molar-refractivity contribution in [2.75, 3.05) is 44.8 Å². The topological polar surface area (TPSA) is 83.3 Å². The van der Waals surface area contributed by atoms with Crippen LogP contribution in [0.15, 0.2) is 35.7 Å². The number of fused-ring (bicyclic) bond motifs is 3. The largest absolute Gasteiger partial charge is 0.378 e. The maximum absolute atomic E-state index is 12.9. The first-order valence-corrected chi connectivity index (χ1v) is 10.6. The van der Waals surface area contributed by atoms with Crippen molar-refractivity contribution in [3.05, 3.63) is 47.2 Å². The normalized spacial score (nSPS) is 22.6. The van der Waals surface area contributed by atoms with E-state index in [1.807, 2.05) is 40.9 Å². The molecule has 162 valence electrons. The maximum atomic E-state index is 12.9. The maximum Gasteiger partial charge on any atom is 0.255 e. The number of hydrogen-bond donors (Lipinski definition) is 0. The molecule has 3 aliphatic rings. The van der Waals surface area contributed by atoms with Gasteiger partial charge in [0.25, 0.3) is 5.91 Å². The highest BCUT2D eigenvalue weighted by molar-refractivity contribution is 5.94. The van der Waals surface area contributed by atoms with Crippen LogP contribution in [0.4, 0.5) is 11.5 Å². The Morgan fingerprint density at radius 1 is 1.32 bits per heavy atom. The Balaban J connectivity index is 1.49. The van der Waals surface area contributed by atoms with Gasteiger partial charge in [-0.3, -0.25) is 9.59 Å². The van der Waals surface area contributed by atoms with E-state index in [0.29, 0.717) is 55.6 Å². The number of rotatable bonds is 4. The van der Waals surface area contributed by atoms with Crippen molar-refractivity contribution in [3.8, 4) is 0 Å². The SMILES string of the molecule is CN(C=O)/N=c1/cc(N2CC3CC3c3cc(C(=O)N4CCOCC4)cnc32)ccn1C. The Labute approximate surface area is 180 Å². The minimum absolute atomic E-state index is 0.0256. The van der Waals surface area contributed by atoms with Gasteiger partial charge >= 0.3 is 0 Å². The molecule has 9 heteroatoms. The Bertz CT molecular complexity index is 1090. The molecular weight excluding hydrogens is 396 g/mol. The monoisotopic (exact) mass is 422 g/mol. The molecule has 2 amide bonds. The lowest BCUT2D eigenvalue weighted by molar-refractivity contribution is -0.117. The van der Waals surface area contributed by atoms with Crippen molar-refractivity contribution < 1.29 is 14.3 Å². The molecule has 2 unspecified atom stereocenters. The zero-order valence-electron chi connectivity index (χ0n) is 17.8. The lowest BCUT2D eigenvalue weighted by Crippen LogP contribution is -2.40. The van der Waals surface area contributed by atoms with Gasteiger partial charge in [-0.05, 0) is 36.0 Å². The summed E-state index contributed by atoms with van der Waals surface area (Å²) < 4.78 is 7.23. The van der Waals surface area contributed by atoms with Gasteiger partial charge in [0.2, 0.25) is 6.41 Å². The third kappa shape index (κ3) is 3.69. The number of aromatic nitrogens is 2. The van der Waals surface area contributed by atoms with Crippen molar-refractivity contribution >= 4 is 23.8 Å². The lowest BCUT2D eigenvalue weighted by Gasteiger charge is -2.31. The van der Waals surface area contributed by atoms with Crippen molar-refractivity contribution in [2.45, 2.75) is 12.3 Å². The number of hydrogen-bond acceptors (Lipinski definition) is 6. The van der Waals surface area contributed by atoms with E-state index in [4.69, 9.17) is 9.72 Å². The van der Waals surface area contributed by atoms with Gasteiger partial charge in [0.05, 0.1) is 18.8 Å². The summed E-state index contributed by atoms with van der Waals surface area (Å²) in [6.45, 7) is 3.30. The first kappa shape index (κ1) is 19.7. The van der Waals surface area contributed by atoms with Gasteiger partial charge in [0.1, 0.15) is 5.82 Å². The Morgan fingerprint density at radius 3 is 2.90 bits per heavy atom. The minimum atomic E-state index is 0.0256. The van der Waals surface area contributed by atoms with E-state index < -0.39 is 0 Å². The molecule has 0 spiro atoms. The van der Waals surface area contributed by atoms with Crippen LogP contribution >= 0.6 is 0 Å².